The second-order valence-electron chi connectivity index (χ2n) is 3.73. The minimum absolute atomic E-state index is 0.494. The highest BCUT2D eigenvalue weighted by molar-refractivity contribution is 5.74. The van der Waals surface area contributed by atoms with Crippen LogP contribution in [0.3, 0.4) is 0 Å². The van der Waals surface area contributed by atoms with Gasteiger partial charge in [0.05, 0.1) is 13.2 Å². The minimum Gasteiger partial charge on any atom is -0.469 e. The Kier molecular flexibility index (Phi) is 4.46. The number of ether oxygens (including phenoxy) is 1. The molecule has 0 aliphatic heterocycles. The quantitative estimate of drug-likeness (QED) is 0.742. The summed E-state index contributed by atoms with van der Waals surface area (Å²) < 4.78 is 4.64. The van der Waals surface area contributed by atoms with Crippen molar-refractivity contribution in [3.63, 3.8) is 0 Å². The van der Waals surface area contributed by atoms with Gasteiger partial charge in [-0.1, -0.05) is 30.3 Å². The molecule has 0 aliphatic rings. The van der Waals surface area contributed by atoms with E-state index < -0.39 is 24.0 Å². The van der Waals surface area contributed by atoms with E-state index in [-0.39, 0.29) is 0 Å². The summed E-state index contributed by atoms with van der Waals surface area (Å²) in [7, 11) is 1.29. The number of aliphatic hydroxyl groups excluding tert-OH is 1. The van der Waals surface area contributed by atoms with Crippen molar-refractivity contribution in [3.8, 4) is 0 Å². The van der Waals surface area contributed by atoms with Gasteiger partial charge in [-0.25, -0.2) is 0 Å². The minimum atomic E-state index is -0.845. The Balaban J connectivity index is 2.92. The number of aliphatic hydroxyl groups is 1. The summed E-state index contributed by atoms with van der Waals surface area (Å²) in [4.78, 5) is 11.5. The lowest BCUT2D eigenvalue weighted by atomic mass is 9.90. The topological polar surface area (TPSA) is 72.5 Å². The van der Waals surface area contributed by atoms with Gasteiger partial charge in [0.2, 0.25) is 0 Å². The summed E-state index contributed by atoms with van der Waals surface area (Å²) in [6.45, 7) is 1.53. The highest BCUT2D eigenvalue weighted by atomic mass is 16.5. The molecule has 4 heteroatoms. The van der Waals surface area contributed by atoms with Crippen LogP contribution in [0, 0.1) is 5.92 Å². The molecule has 16 heavy (non-hydrogen) atoms. The van der Waals surface area contributed by atoms with Gasteiger partial charge in [0, 0.05) is 6.04 Å². The lowest BCUT2D eigenvalue weighted by Crippen LogP contribution is -2.36. The molecule has 0 bridgehead atoms. The fraction of sp³-hybridized carbons (Fsp3) is 0.417. The van der Waals surface area contributed by atoms with E-state index in [0.29, 0.717) is 0 Å². The first-order valence-corrected chi connectivity index (χ1v) is 5.14. The summed E-state index contributed by atoms with van der Waals surface area (Å²) in [6.07, 6.45) is -0.845. The molecular weight excluding hydrogens is 206 g/mol. The lowest BCUT2D eigenvalue weighted by molar-refractivity contribution is -0.150. The van der Waals surface area contributed by atoms with Gasteiger partial charge in [0.1, 0.15) is 5.92 Å². The maximum absolute atomic E-state index is 11.5. The van der Waals surface area contributed by atoms with E-state index in [0.717, 1.165) is 5.56 Å². The maximum Gasteiger partial charge on any atom is 0.313 e. The van der Waals surface area contributed by atoms with Crippen LogP contribution in [0.25, 0.3) is 0 Å². The highest BCUT2D eigenvalue weighted by Gasteiger charge is 2.31. The Morgan fingerprint density at radius 1 is 1.38 bits per heavy atom. The Morgan fingerprint density at radius 3 is 2.38 bits per heavy atom. The first-order chi connectivity index (χ1) is 7.57. The molecule has 1 aromatic rings. The highest BCUT2D eigenvalue weighted by Crippen LogP contribution is 2.23. The number of nitrogens with two attached hydrogens (primary N) is 1. The van der Waals surface area contributed by atoms with Crippen LogP contribution in [-0.2, 0) is 9.53 Å². The normalized spacial score (nSPS) is 16.2. The molecule has 1 rings (SSSR count). The molecular formula is C12H17NO3. The Morgan fingerprint density at radius 2 is 1.94 bits per heavy atom. The number of hydrogen-bond acceptors (Lipinski definition) is 4. The monoisotopic (exact) mass is 223 g/mol. The zero-order valence-electron chi connectivity index (χ0n) is 9.46. The summed E-state index contributed by atoms with van der Waals surface area (Å²) in [5.74, 6) is -1.24. The van der Waals surface area contributed by atoms with Crippen molar-refractivity contribution in [2.24, 2.45) is 11.7 Å². The SMILES string of the molecule is COC(=O)[C@H]([C@@H](C)O)[C@@H](N)c1ccccc1. The van der Waals surface area contributed by atoms with Crippen LogP contribution in [0.4, 0.5) is 0 Å². The molecule has 1 aromatic carbocycles. The third-order valence-corrected chi connectivity index (χ3v) is 2.56. The first-order valence-electron chi connectivity index (χ1n) is 5.14. The number of methoxy groups -OCH3 is 1. The Bertz CT molecular complexity index is 337. The molecule has 0 aliphatic carbocycles. The van der Waals surface area contributed by atoms with Crippen LogP contribution < -0.4 is 5.73 Å². The van der Waals surface area contributed by atoms with Crippen molar-refractivity contribution in [2.75, 3.05) is 7.11 Å². The largest absolute Gasteiger partial charge is 0.469 e. The number of carbonyl (C=O) groups is 1. The average molecular weight is 223 g/mol. The van der Waals surface area contributed by atoms with Crippen molar-refractivity contribution >= 4 is 5.97 Å². The average Bonchev–Trinajstić information content (AvgIpc) is 2.29. The van der Waals surface area contributed by atoms with Crippen LogP contribution in [-0.4, -0.2) is 24.3 Å². The molecule has 0 saturated carbocycles. The van der Waals surface area contributed by atoms with Crippen molar-refractivity contribution in [1.82, 2.24) is 0 Å². The van der Waals surface area contributed by atoms with E-state index in [2.05, 4.69) is 4.74 Å². The van der Waals surface area contributed by atoms with Gasteiger partial charge >= 0.3 is 5.97 Å². The third kappa shape index (κ3) is 2.81. The van der Waals surface area contributed by atoms with Crippen molar-refractivity contribution in [2.45, 2.75) is 19.1 Å². The number of carbonyl (C=O) groups excluding carboxylic acids is 1. The van der Waals surface area contributed by atoms with Gasteiger partial charge in [-0.05, 0) is 12.5 Å². The molecule has 3 atom stereocenters. The van der Waals surface area contributed by atoms with Crippen LogP contribution in [0.1, 0.15) is 18.5 Å². The predicted octanol–water partition coefficient (Wildman–Crippen LogP) is 0.856. The Hall–Kier alpha value is -1.39. The molecule has 0 unspecified atom stereocenters. The van der Waals surface area contributed by atoms with Crippen LogP contribution in [0.2, 0.25) is 0 Å². The third-order valence-electron chi connectivity index (χ3n) is 2.56. The molecule has 0 heterocycles. The number of esters is 1. The molecule has 0 fully saturated rings. The number of hydrogen-bond donors (Lipinski definition) is 2. The van der Waals surface area contributed by atoms with Gasteiger partial charge in [0.25, 0.3) is 0 Å². The zero-order valence-corrected chi connectivity index (χ0v) is 9.46. The summed E-state index contributed by atoms with van der Waals surface area (Å²) in [5.41, 5.74) is 6.76. The van der Waals surface area contributed by atoms with Crippen molar-refractivity contribution in [1.29, 1.82) is 0 Å². The molecule has 3 N–H and O–H groups in total. The van der Waals surface area contributed by atoms with Crippen molar-refractivity contribution in [3.05, 3.63) is 35.9 Å². The summed E-state index contributed by atoms with van der Waals surface area (Å²) >= 11 is 0. The molecule has 88 valence electrons. The Labute approximate surface area is 95.0 Å². The molecule has 0 radical (unpaired) electrons. The smallest absolute Gasteiger partial charge is 0.313 e. The van der Waals surface area contributed by atoms with Crippen LogP contribution in [0.15, 0.2) is 30.3 Å². The molecule has 0 amide bonds. The first kappa shape index (κ1) is 12.7. The number of rotatable bonds is 4. The molecule has 0 aromatic heterocycles. The summed E-state index contributed by atoms with van der Waals surface area (Å²) in [6, 6.07) is 8.63. The van der Waals surface area contributed by atoms with E-state index in [4.69, 9.17) is 5.73 Å². The fourth-order valence-electron chi connectivity index (χ4n) is 1.66. The fourth-order valence-corrected chi connectivity index (χ4v) is 1.66. The molecule has 4 nitrogen and oxygen atoms in total. The van der Waals surface area contributed by atoms with Gasteiger partial charge in [0.15, 0.2) is 0 Å². The second-order valence-corrected chi connectivity index (χ2v) is 3.73. The van der Waals surface area contributed by atoms with E-state index in [1.807, 2.05) is 30.3 Å². The maximum atomic E-state index is 11.5. The molecule has 0 spiro atoms. The van der Waals surface area contributed by atoms with E-state index >= 15 is 0 Å². The second kappa shape index (κ2) is 5.63. The van der Waals surface area contributed by atoms with Gasteiger partial charge in [-0.2, -0.15) is 0 Å². The van der Waals surface area contributed by atoms with Gasteiger partial charge in [-0.15, -0.1) is 0 Å². The standard InChI is InChI=1S/C12H17NO3/c1-8(14)10(12(15)16-2)11(13)9-6-4-3-5-7-9/h3-8,10-11,14H,13H2,1-2H3/t8-,10-,11+/m1/s1. The van der Waals surface area contributed by atoms with Gasteiger partial charge in [-0.3, -0.25) is 4.79 Å². The van der Waals surface area contributed by atoms with Gasteiger partial charge < -0.3 is 15.6 Å². The van der Waals surface area contributed by atoms with Crippen molar-refractivity contribution < 1.29 is 14.6 Å². The van der Waals surface area contributed by atoms with Crippen LogP contribution in [0.5, 0.6) is 0 Å². The lowest BCUT2D eigenvalue weighted by Gasteiger charge is -2.24. The van der Waals surface area contributed by atoms with E-state index in [1.165, 1.54) is 14.0 Å². The predicted molar refractivity (Wildman–Crippen MR) is 60.6 cm³/mol. The van der Waals surface area contributed by atoms with E-state index in [9.17, 15) is 9.90 Å². The number of benzene rings is 1. The van der Waals surface area contributed by atoms with Crippen LogP contribution >= 0.6 is 0 Å². The summed E-state index contributed by atoms with van der Waals surface area (Å²) in [5, 5.41) is 9.56. The van der Waals surface area contributed by atoms with E-state index in [1.54, 1.807) is 0 Å². The molecule has 0 saturated heterocycles. The zero-order chi connectivity index (χ0) is 12.1.